The van der Waals surface area contributed by atoms with Crippen molar-refractivity contribution < 1.29 is 4.92 Å². The molecule has 0 atom stereocenters. The smallest absolute Gasteiger partial charge is 0.273 e. The zero-order valence-electron chi connectivity index (χ0n) is 12.2. The maximum atomic E-state index is 11.1. The highest BCUT2D eigenvalue weighted by molar-refractivity contribution is 6.16. The number of benzene rings is 1. The largest absolute Gasteiger partial charge is 0.310 e. The van der Waals surface area contributed by atoms with E-state index in [1.54, 1.807) is 13.0 Å². The van der Waals surface area contributed by atoms with Crippen LogP contribution in [0.2, 0.25) is 0 Å². The molecule has 1 aromatic heterocycles. The molecule has 0 saturated heterocycles. The molecule has 0 fully saturated rings. The van der Waals surface area contributed by atoms with Gasteiger partial charge in [-0.3, -0.25) is 10.1 Å². The van der Waals surface area contributed by atoms with Crippen molar-refractivity contribution in [2.75, 3.05) is 0 Å². The van der Waals surface area contributed by atoms with Crippen LogP contribution in [0.15, 0.2) is 18.2 Å². The molecule has 0 unspecified atom stereocenters. The number of aromatic nitrogens is 3. The lowest BCUT2D eigenvalue weighted by Crippen LogP contribution is -2.09. The number of hydrogen-bond acceptors (Lipinski definition) is 4. The molecule has 0 spiro atoms. The summed E-state index contributed by atoms with van der Waals surface area (Å²) in [5.74, 6) is 1.93. The summed E-state index contributed by atoms with van der Waals surface area (Å²) < 4.78 is 1.92. The quantitative estimate of drug-likeness (QED) is 0.481. The molecule has 112 valence electrons. The van der Waals surface area contributed by atoms with Crippen LogP contribution in [0.5, 0.6) is 0 Å². The molecule has 0 aliphatic heterocycles. The van der Waals surface area contributed by atoms with Crippen LogP contribution >= 0.6 is 11.6 Å². The molecule has 0 bridgehead atoms. The van der Waals surface area contributed by atoms with Gasteiger partial charge in [0.25, 0.3) is 5.69 Å². The van der Waals surface area contributed by atoms with E-state index in [-0.39, 0.29) is 16.5 Å². The molecule has 0 N–H and O–H groups in total. The van der Waals surface area contributed by atoms with E-state index in [2.05, 4.69) is 24.0 Å². The first kappa shape index (κ1) is 15.4. The van der Waals surface area contributed by atoms with Crippen molar-refractivity contribution in [3.05, 3.63) is 39.7 Å². The summed E-state index contributed by atoms with van der Waals surface area (Å²) in [6.07, 6.45) is 0. The molecule has 0 radical (unpaired) electrons. The van der Waals surface area contributed by atoms with Crippen molar-refractivity contribution in [3.8, 4) is 11.4 Å². The Bertz CT molecular complexity index is 667. The maximum Gasteiger partial charge on any atom is 0.273 e. The number of nitro groups is 1. The molecule has 0 amide bonds. The molecule has 1 heterocycles. The van der Waals surface area contributed by atoms with Gasteiger partial charge in [0.2, 0.25) is 0 Å². The molecule has 2 rings (SSSR count). The summed E-state index contributed by atoms with van der Waals surface area (Å²) in [6, 6.07) is 5.08. The van der Waals surface area contributed by atoms with Gasteiger partial charge in [0, 0.05) is 23.7 Å². The first-order valence-corrected chi connectivity index (χ1v) is 7.21. The van der Waals surface area contributed by atoms with E-state index >= 15 is 0 Å². The third kappa shape index (κ3) is 3.21. The Morgan fingerprint density at radius 3 is 2.67 bits per heavy atom. The normalized spacial score (nSPS) is 11.1. The lowest BCUT2D eigenvalue weighted by atomic mass is 10.1. The standard InChI is InChI=1S/C14H17ClN4O2/c1-9(2)8-18-13(7-15)16-17-14(18)11-5-4-10(3)12(6-11)19(20)21/h4-6,9H,7-8H2,1-3H3. The zero-order chi connectivity index (χ0) is 15.6. The number of hydrogen-bond donors (Lipinski definition) is 0. The number of nitrogens with zero attached hydrogens (tertiary/aromatic N) is 4. The molecular weight excluding hydrogens is 292 g/mol. The average Bonchev–Trinajstić information content (AvgIpc) is 2.81. The second kappa shape index (κ2) is 6.22. The van der Waals surface area contributed by atoms with E-state index in [4.69, 9.17) is 11.6 Å². The molecule has 1 aromatic carbocycles. The van der Waals surface area contributed by atoms with Gasteiger partial charge in [0.1, 0.15) is 5.82 Å². The van der Waals surface area contributed by atoms with Gasteiger partial charge in [0.15, 0.2) is 5.82 Å². The third-order valence-electron chi connectivity index (χ3n) is 3.16. The summed E-state index contributed by atoms with van der Waals surface area (Å²) in [6.45, 7) is 6.59. The van der Waals surface area contributed by atoms with Crippen LogP contribution in [0.1, 0.15) is 25.2 Å². The minimum Gasteiger partial charge on any atom is -0.310 e. The topological polar surface area (TPSA) is 73.8 Å². The molecular formula is C14H17ClN4O2. The fourth-order valence-electron chi connectivity index (χ4n) is 2.15. The van der Waals surface area contributed by atoms with E-state index < -0.39 is 0 Å². The lowest BCUT2D eigenvalue weighted by molar-refractivity contribution is -0.385. The van der Waals surface area contributed by atoms with Gasteiger partial charge in [-0.2, -0.15) is 0 Å². The van der Waals surface area contributed by atoms with Gasteiger partial charge in [0.05, 0.1) is 10.8 Å². The Morgan fingerprint density at radius 1 is 1.38 bits per heavy atom. The SMILES string of the molecule is Cc1ccc(-c2nnc(CCl)n2CC(C)C)cc1[N+](=O)[O-]. The van der Waals surface area contributed by atoms with Crippen molar-refractivity contribution in [2.45, 2.75) is 33.2 Å². The van der Waals surface area contributed by atoms with Crippen LogP contribution in [0.4, 0.5) is 5.69 Å². The number of nitro benzene ring substituents is 1. The molecule has 7 heteroatoms. The highest BCUT2D eigenvalue weighted by Crippen LogP contribution is 2.27. The summed E-state index contributed by atoms with van der Waals surface area (Å²) in [4.78, 5) is 10.7. The fourth-order valence-corrected chi connectivity index (χ4v) is 2.35. The van der Waals surface area contributed by atoms with Crippen LogP contribution < -0.4 is 0 Å². The number of rotatable bonds is 5. The highest BCUT2D eigenvalue weighted by atomic mass is 35.5. The highest BCUT2D eigenvalue weighted by Gasteiger charge is 2.18. The summed E-state index contributed by atoms with van der Waals surface area (Å²) in [5, 5.41) is 19.3. The molecule has 0 aliphatic carbocycles. The van der Waals surface area contributed by atoms with Crippen LogP contribution in [0.3, 0.4) is 0 Å². The minimum absolute atomic E-state index is 0.0824. The molecule has 21 heavy (non-hydrogen) atoms. The maximum absolute atomic E-state index is 11.1. The third-order valence-corrected chi connectivity index (χ3v) is 3.40. The van der Waals surface area contributed by atoms with Crippen LogP contribution in [0.25, 0.3) is 11.4 Å². The van der Waals surface area contributed by atoms with Gasteiger partial charge < -0.3 is 4.57 Å². The molecule has 6 nitrogen and oxygen atoms in total. The number of halogens is 1. The van der Waals surface area contributed by atoms with Gasteiger partial charge in [-0.05, 0) is 12.8 Å². The second-order valence-corrected chi connectivity index (χ2v) is 5.60. The average molecular weight is 309 g/mol. The van der Waals surface area contributed by atoms with Gasteiger partial charge in [-0.15, -0.1) is 21.8 Å². The second-order valence-electron chi connectivity index (χ2n) is 5.34. The van der Waals surface area contributed by atoms with Crippen molar-refractivity contribution in [2.24, 2.45) is 5.92 Å². The molecule has 0 aliphatic rings. The Hall–Kier alpha value is -1.95. The van der Waals surface area contributed by atoms with E-state index in [9.17, 15) is 10.1 Å². The zero-order valence-corrected chi connectivity index (χ0v) is 13.0. The number of alkyl halides is 1. The van der Waals surface area contributed by atoms with Crippen LogP contribution in [0, 0.1) is 23.0 Å². The first-order valence-electron chi connectivity index (χ1n) is 6.67. The Balaban J connectivity index is 2.54. The Morgan fingerprint density at radius 2 is 2.10 bits per heavy atom. The lowest BCUT2D eigenvalue weighted by Gasteiger charge is -2.12. The monoisotopic (exact) mass is 308 g/mol. The first-order chi connectivity index (χ1) is 9.93. The minimum atomic E-state index is -0.384. The van der Waals surface area contributed by atoms with E-state index in [0.717, 1.165) is 0 Å². The summed E-state index contributed by atoms with van der Waals surface area (Å²) in [5.41, 5.74) is 1.38. The van der Waals surface area contributed by atoms with Gasteiger partial charge >= 0.3 is 0 Å². The van der Waals surface area contributed by atoms with Crippen molar-refractivity contribution in [1.29, 1.82) is 0 Å². The van der Waals surface area contributed by atoms with Gasteiger partial charge in [-0.1, -0.05) is 26.0 Å². The molecule has 0 saturated carbocycles. The fraction of sp³-hybridized carbons (Fsp3) is 0.429. The Labute approximate surface area is 127 Å². The van der Waals surface area contributed by atoms with Crippen LogP contribution in [-0.2, 0) is 12.4 Å². The predicted molar refractivity (Wildman–Crippen MR) is 81.2 cm³/mol. The van der Waals surface area contributed by atoms with E-state index in [1.165, 1.54) is 6.07 Å². The van der Waals surface area contributed by atoms with E-state index in [1.807, 2.05) is 10.6 Å². The number of aryl methyl sites for hydroxylation is 1. The summed E-state index contributed by atoms with van der Waals surface area (Å²) >= 11 is 5.89. The van der Waals surface area contributed by atoms with Crippen molar-refractivity contribution in [1.82, 2.24) is 14.8 Å². The summed E-state index contributed by atoms with van der Waals surface area (Å²) in [7, 11) is 0. The van der Waals surface area contributed by atoms with Crippen molar-refractivity contribution in [3.63, 3.8) is 0 Å². The molecule has 2 aromatic rings. The van der Waals surface area contributed by atoms with Gasteiger partial charge in [-0.25, -0.2) is 0 Å². The van der Waals surface area contributed by atoms with Crippen molar-refractivity contribution >= 4 is 17.3 Å². The Kier molecular flexibility index (Phi) is 4.57. The van der Waals surface area contributed by atoms with E-state index in [0.29, 0.717) is 35.2 Å². The predicted octanol–water partition coefficient (Wildman–Crippen LogP) is 3.56. The van der Waals surface area contributed by atoms with Crippen LogP contribution in [-0.4, -0.2) is 19.7 Å².